The maximum atomic E-state index is 15.4. The number of carbonyl (C=O) groups is 1. The number of allylic oxidation sites excluding steroid dienone is 1. The second-order valence-electron chi connectivity index (χ2n) is 9.86. The van der Waals surface area contributed by atoms with Crippen molar-refractivity contribution < 1.29 is 18.0 Å². The standard InChI is InChI=1S/C29H25ClF3N7O2S/c1-15-3-2-4-23(19-9-16(7-8-35-19)27(39-29(32)33)21(11-34)38-28(15)42)40-13-36-20(10-24(40)41)25-17(22-12-43-14-37-22)5-6-18(30)26(25)31/h5-15,23,29,34,39H,2-4H2,1H3,(H,38,42)/b27-21+,34-11?. The van der Waals surface area contributed by atoms with Crippen LogP contribution in [0.25, 0.3) is 28.2 Å². The number of amides is 1. The van der Waals surface area contributed by atoms with E-state index in [1.165, 1.54) is 52.7 Å². The van der Waals surface area contributed by atoms with Crippen LogP contribution in [0.15, 0.2) is 64.2 Å². The van der Waals surface area contributed by atoms with Gasteiger partial charge in [-0.15, -0.1) is 11.3 Å². The summed E-state index contributed by atoms with van der Waals surface area (Å²) in [4.78, 5) is 39.5. The van der Waals surface area contributed by atoms with Crippen LogP contribution in [0.3, 0.4) is 0 Å². The van der Waals surface area contributed by atoms with Crippen LogP contribution in [0.4, 0.5) is 13.2 Å². The SMILES string of the molecule is CC1CCCC(n2cnc(-c3c(-c4cscn4)ccc(Cl)c3F)cc2=O)c2cc(ccn2)/C(NC(F)F)=C(/C=N)NC1=O. The predicted molar refractivity (Wildman–Crippen MR) is 158 cm³/mol. The highest BCUT2D eigenvalue weighted by Gasteiger charge is 2.25. The predicted octanol–water partition coefficient (Wildman–Crippen LogP) is 5.88. The van der Waals surface area contributed by atoms with Crippen LogP contribution in [0.5, 0.6) is 0 Å². The molecule has 1 aliphatic rings. The summed E-state index contributed by atoms with van der Waals surface area (Å²) in [5.41, 5.74) is 2.44. The molecule has 0 fully saturated rings. The highest BCUT2D eigenvalue weighted by atomic mass is 35.5. The molecule has 0 spiro atoms. The Bertz CT molecular complexity index is 1760. The number of hydrogen-bond acceptors (Lipinski definition) is 8. The highest BCUT2D eigenvalue weighted by molar-refractivity contribution is 7.07. The van der Waals surface area contributed by atoms with Gasteiger partial charge in [0, 0.05) is 46.5 Å². The molecular weight excluding hydrogens is 603 g/mol. The lowest BCUT2D eigenvalue weighted by Gasteiger charge is -2.23. The van der Waals surface area contributed by atoms with E-state index in [0.717, 1.165) is 6.21 Å². The number of nitrogens with one attached hydrogen (secondary N) is 3. The second-order valence-corrected chi connectivity index (χ2v) is 11.0. The van der Waals surface area contributed by atoms with Gasteiger partial charge in [-0.1, -0.05) is 31.0 Å². The van der Waals surface area contributed by atoms with Gasteiger partial charge in [0.1, 0.15) is 0 Å². The Labute approximate surface area is 253 Å². The first-order valence-electron chi connectivity index (χ1n) is 13.2. The molecule has 43 heavy (non-hydrogen) atoms. The fraction of sp³-hybridized carbons (Fsp3) is 0.241. The number of benzene rings is 1. The Morgan fingerprint density at radius 2 is 1.98 bits per heavy atom. The molecule has 2 bridgehead atoms. The summed E-state index contributed by atoms with van der Waals surface area (Å²) in [7, 11) is 0. The summed E-state index contributed by atoms with van der Waals surface area (Å²) in [6, 6.07) is 6.52. The van der Waals surface area contributed by atoms with Crippen molar-refractivity contribution >= 4 is 40.8 Å². The third-order valence-corrected chi connectivity index (χ3v) is 8.01. The minimum absolute atomic E-state index is 0.0355. The third kappa shape index (κ3) is 6.37. The molecule has 4 heterocycles. The molecule has 0 saturated heterocycles. The normalized spacial score (nSPS) is 19.3. The van der Waals surface area contributed by atoms with E-state index >= 15 is 4.39 Å². The zero-order valence-electron chi connectivity index (χ0n) is 22.7. The van der Waals surface area contributed by atoms with E-state index in [2.05, 4.69) is 20.3 Å². The maximum absolute atomic E-state index is 15.4. The Morgan fingerprint density at radius 3 is 2.67 bits per heavy atom. The minimum Gasteiger partial charge on any atom is -0.327 e. The molecule has 0 radical (unpaired) electrons. The second kappa shape index (κ2) is 12.9. The van der Waals surface area contributed by atoms with Crippen LogP contribution >= 0.6 is 22.9 Å². The molecule has 14 heteroatoms. The monoisotopic (exact) mass is 627 g/mol. The van der Waals surface area contributed by atoms with Crippen molar-refractivity contribution in [2.75, 3.05) is 0 Å². The Balaban J connectivity index is 1.63. The lowest BCUT2D eigenvalue weighted by molar-refractivity contribution is -0.123. The van der Waals surface area contributed by atoms with Crippen molar-refractivity contribution in [3.63, 3.8) is 0 Å². The van der Waals surface area contributed by atoms with Gasteiger partial charge in [0.2, 0.25) is 5.91 Å². The quantitative estimate of drug-likeness (QED) is 0.181. The molecule has 5 rings (SSSR count). The number of alkyl halides is 2. The smallest absolute Gasteiger partial charge is 0.313 e. The molecule has 2 atom stereocenters. The van der Waals surface area contributed by atoms with Gasteiger partial charge < -0.3 is 16.0 Å². The number of halogens is 4. The minimum atomic E-state index is -2.99. The van der Waals surface area contributed by atoms with E-state index in [9.17, 15) is 18.4 Å². The van der Waals surface area contributed by atoms with E-state index in [4.69, 9.17) is 17.0 Å². The summed E-state index contributed by atoms with van der Waals surface area (Å²) in [5.74, 6) is -1.68. The summed E-state index contributed by atoms with van der Waals surface area (Å²) in [5, 5.41) is 14.0. The number of rotatable bonds is 6. The Kier molecular flexibility index (Phi) is 9.02. The van der Waals surface area contributed by atoms with Crippen LogP contribution < -0.4 is 16.2 Å². The van der Waals surface area contributed by atoms with Crippen LogP contribution in [0.2, 0.25) is 5.02 Å². The van der Waals surface area contributed by atoms with Gasteiger partial charge in [-0.25, -0.2) is 14.4 Å². The van der Waals surface area contributed by atoms with E-state index in [0.29, 0.717) is 36.2 Å². The molecule has 3 N–H and O–H groups in total. The number of aromatic nitrogens is 4. The molecule has 0 saturated carbocycles. The number of pyridine rings is 1. The first-order chi connectivity index (χ1) is 20.7. The molecule has 1 aromatic carbocycles. The van der Waals surface area contributed by atoms with E-state index in [1.54, 1.807) is 23.9 Å². The fourth-order valence-corrected chi connectivity index (χ4v) is 5.67. The molecule has 222 valence electrons. The molecule has 1 aliphatic heterocycles. The Hall–Kier alpha value is -4.36. The lowest BCUT2D eigenvalue weighted by Crippen LogP contribution is -2.33. The lowest BCUT2D eigenvalue weighted by atomic mass is 9.96. The largest absolute Gasteiger partial charge is 0.327 e. The van der Waals surface area contributed by atoms with E-state index in [-0.39, 0.29) is 33.2 Å². The number of hydrogen-bond donors (Lipinski definition) is 3. The van der Waals surface area contributed by atoms with Gasteiger partial charge in [-0.3, -0.25) is 19.1 Å². The van der Waals surface area contributed by atoms with Crippen LogP contribution in [-0.2, 0) is 4.79 Å². The maximum Gasteiger partial charge on any atom is 0.313 e. The van der Waals surface area contributed by atoms with Crippen molar-refractivity contribution in [1.82, 2.24) is 30.2 Å². The van der Waals surface area contributed by atoms with Gasteiger partial charge in [0.15, 0.2) is 5.82 Å². The fourth-order valence-electron chi connectivity index (χ4n) is 4.96. The topological polar surface area (TPSA) is 126 Å². The summed E-state index contributed by atoms with van der Waals surface area (Å²) >= 11 is 7.42. The highest BCUT2D eigenvalue weighted by Crippen LogP contribution is 2.36. The average molecular weight is 628 g/mol. The Morgan fingerprint density at radius 1 is 1.16 bits per heavy atom. The van der Waals surface area contributed by atoms with Crippen molar-refractivity contribution in [2.45, 2.75) is 38.8 Å². The zero-order valence-corrected chi connectivity index (χ0v) is 24.2. The molecular formula is C29H25ClF3N7O2S. The molecule has 3 aromatic heterocycles. The molecule has 4 aromatic rings. The van der Waals surface area contributed by atoms with Gasteiger partial charge in [0.25, 0.3) is 5.56 Å². The summed E-state index contributed by atoms with van der Waals surface area (Å²) in [6.45, 7) is -1.29. The van der Waals surface area contributed by atoms with Gasteiger partial charge in [0.05, 0.1) is 51.4 Å². The van der Waals surface area contributed by atoms with Crippen LogP contribution in [-0.4, -0.2) is 38.2 Å². The number of nitrogens with zero attached hydrogens (tertiary/aromatic N) is 4. The van der Waals surface area contributed by atoms with Crippen LogP contribution in [0, 0.1) is 17.1 Å². The number of thiazole rings is 1. The number of carbonyl (C=O) groups excluding carboxylic acids is 1. The van der Waals surface area contributed by atoms with Gasteiger partial charge in [-0.2, -0.15) is 8.78 Å². The number of fused-ring (bicyclic) bond motifs is 2. The summed E-state index contributed by atoms with van der Waals surface area (Å²) < 4.78 is 43.8. The van der Waals surface area contributed by atoms with Crippen molar-refractivity contribution in [3.8, 4) is 22.5 Å². The first-order valence-corrected chi connectivity index (χ1v) is 14.5. The van der Waals surface area contributed by atoms with Gasteiger partial charge >= 0.3 is 6.55 Å². The average Bonchev–Trinajstić information content (AvgIpc) is 3.53. The van der Waals surface area contributed by atoms with Crippen molar-refractivity contribution in [1.29, 1.82) is 5.41 Å². The molecule has 2 unspecified atom stereocenters. The zero-order chi connectivity index (χ0) is 30.7. The molecule has 1 amide bonds. The van der Waals surface area contributed by atoms with Crippen molar-refractivity contribution in [2.24, 2.45) is 5.92 Å². The summed E-state index contributed by atoms with van der Waals surface area (Å²) in [6.07, 6.45) is 4.76. The van der Waals surface area contributed by atoms with Crippen molar-refractivity contribution in [3.05, 3.63) is 91.9 Å². The van der Waals surface area contributed by atoms with E-state index in [1.807, 2.05) is 5.32 Å². The van der Waals surface area contributed by atoms with E-state index < -0.39 is 35.8 Å². The van der Waals surface area contributed by atoms with Crippen LogP contribution in [0.1, 0.15) is 43.5 Å². The molecule has 9 nitrogen and oxygen atoms in total. The first kappa shape index (κ1) is 30.1. The third-order valence-electron chi connectivity index (χ3n) is 7.13. The van der Waals surface area contributed by atoms with Gasteiger partial charge in [-0.05, 0) is 31.0 Å². The molecule has 0 aliphatic carbocycles.